The molecule has 1 aromatic heterocycles. The first-order valence-corrected chi connectivity index (χ1v) is 14.3. The van der Waals surface area contributed by atoms with Gasteiger partial charge in [0.1, 0.15) is 5.82 Å². The van der Waals surface area contributed by atoms with Gasteiger partial charge in [0.15, 0.2) is 0 Å². The minimum absolute atomic E-state index is 0.0639. The Bertz CT molecular complexity index is 2210. The maximum atomic E-state index is 9.38. The molecule has 0 amide bonds. The molecule has 0 saturated carbocycles. The Hall–Kier alpha value is -5.46. The van der Waals surface area contributed by atoms with Crippen molar-refractivity contribution in [2.75, 3.05) is 4.90 Å². The van der Waals surface area contributed by atoms with Gasteiger partial charge in [0.05, 0.1) is 17.3 Å². The predicted molar refractivity (Wildman–Crippen MR) is 174 cm³/mol. The van der Waals surface area contributed by atoms with Gasteiger partial charge in [-0.2, -0.15) is 5.26 Å². The van der Waals surface area contributed by atoms with Gasteiger partial charge >= 0.3 is 0 Å². The minimum Gasteiger partial charge on any atom is -0.294 e. The molecule has 3 nitrogen and oxygen atoms in total. The first kappa shape index (κ1) is 24.3. The molecule has 0 atom stereocenters. The van der Waals surface area contributed by atoms with E-state index in [1.54, 1.807) is 0 Å². The van der Waals surface area contributed by atoms with E-state index in [-0.39, 0.29) is 5.41 Å². The maximum absolute atomic E-state index is 9.38. The fraction of sp³-hybridized carbons (Fsp3) is 0.0769. The summed E-state index contributed by atoms with van der Waals surface area (Å²) in [6.45, 7) is 4.67. The van der Waals surface area contributed by atoms with E-state index in [4.69, 9.17) is 4.98 Å². The zero-order valence-corrected chi connectivity index (χ0v) is 23.5. The number of aromatic nitrogens is 1. The fourth-order valence-corrected chi connectivity index (χ4v) is 6.74. The first-order chi connectivity index (χ1) is 20.5. The molecule has 0 saturated heterocycles. The summed E-state index contributed by atoms with van der Waals surface area (Å²) in [5.74, 6) is 0.819. The van der Waals surface area contributed by atoms with Crippen molar-refractivity contribution < 1.29 is 0 Å². The van der Waals surface area contributed by atoms with Crippen LogP contribution in [0.25, 0.3) is 43.4 Å². The molecule has 0 spiro atoms. The molecule has 0 bridgehead atoms. The quantitative estimate of drug-likeness (QED) is 0.210. The average molecular weight is 538 g/mol. The first-order valence-electron chi connectivity index (χ1n) is 14.3. The summed E-state index contributed by atoms with van der Waals surface area (Å²) in [5, 5.41) is 17.0. The highest BCUT2D eigenvalue weighted by molar-refractivity contribution is 6.15. The third-order valence-corrected chi connectivity index (χ3v) is 8.88. The van der Waals surface area contributed by atoms with Crippen molar-refractivity contribution in [3.8, 4) is 17.2 Å². The zero-order chi connectivity index (χ0) is 28.4. The van der Waals surface area contributed by atoms with Crippen LogP contribution in [0.4, 0.5) is 17.2 Å². The van der Waals surface area contributed by atoms with Gasteiger partial charge in [-0.3, -0.25) is 4.90 Å². The van der Waals surface area contributed by atoms with Crippen molar-refractivity contribution >= 4 is 49.5 Å². The van der Waals surface area contributed by atoms with Crippen LogP contribution in [0.2, 0.25) is 0 Å². The molecule has 0 unspecified atom stereocenters. The molecule has 42 heavy (non-hydrogen) atoms. The van der Waals surface area contributed by atoms with E-state index in [0.717, 1.165) is 33.5 Å². The number of pyridine rings is 1. The van der Waals surface area contributed by atoms with Gasteiger partial charge in [-0.15, -0.1) is 0 Å². The molecule has 198 valence electrons. The Kier molecular flexibility index (Phi) is 5.23. The summed E-state index contributed by atoms with van der Waals surface area (Å²) < 4.78 is 0. The Balaban J connectivity index is 1.26. The molecular formula is C39H27N3. The molecule has 1 heterocycles. The molecule has 6 aromatic carbocycles. The number of anilines is 3. The zero-order valence-electron chi connectivity index (χ0n) is 23.5. The van der Waals surface area contributed by atoms with Gasteiger partial charge in [0.25, 0.3) is 0 Å². The van der Waals surface area contributed by atoms with E-state index in [2.05, 4.69) is 122 Å². The summed E-state index contributed by atoms with van der Waals surface area (Å²) >= 11 is 0. The second-order valence-electron chi connectivity index (χ2n) is 11.6. The summed E-state index contributed by atoms with van der Waals surface area (Å²) in [6, 6.07) is 44.8. The lowest BCUT2D eigenvalue weighted by atomic mass is 9.81. The van der Waals surface area contributed by atoms with Crippen LogP contribution in [0, 0.1) is 11.3 Å². The number of benzene rings is 6. The van der Waals surface area contributed by atoms with Crippen molar-refractivity contribution in [1.29, 1.82) is 5.26 Å². The van der Waals surface area contributed by atoms with Crippen LogP contribution in [-0.2, 0) is 5.41 Å². The second-order valence-corrected chi connectivity index (χ2v) is 11.6. The molecule has 0 radical (unpaired) electrons. The van der Waals surface area contributed by atoms with Crippen LogP contribution in [0.1, 0.15) is 30.5 Å². The topological polar surface area (TPSA) is 39.9 Å². The van der Waals surface area contributed by atoms with Gasteiger partial charge in [0, 0.05) is 28.2 Å². The largest absolute Gasteiger partial charge is 0.294 e. The van der Waals surface area contributed by atoms with Crippen molar-refractivity contribution in [3.63, 3.8) is 0 Å². The van der Waals surface area contributed by atoms with Crippen LogP contribution in [0.15, 0.2) is 128 Å². The molecule has 1 aliphatic rings. The number of nitrogens with zero attached hydrogens (tertiary/aromatic N) is 3. The van der Waals surface area contributed by atoms with Crippen molar-refractivity contribution in [2.24, 2.45) is 0 Å². The van der Waals surface area contributed by atoms with Gasteiger partial charge in [0.2, 0.25) is 0 Å². The highest BCUT2D eigenvalue weighted by atomic mass is 15.2. The molecule has 3 heteroatoms. The average Bonchev–Trinajstić information content (AvgIpc) is 3.28. The molecule has 1 aliphatic carbocycles. The van der Waals surface area contributed by atoms with E-state index >= 15 is 0 Å². The Labute approximate surface area is 244 Å². The SMILES string of the molecule is CC1(C)c2cccc3ccc4cc(-c5ccc(N(c6ccc(C#N)cc6)c6cccc7ccccc67)nc5)cc1c4c23. The highest BCUT2D eigenvalue weighted by Gasteiger charge is 2.34. The smallest absolute Gasteiger partial charge is 0.137 e. The minimum atomic E-state index is -0.0639. The van der Waals surface area contributed by atoms with Crippen LogP contribution >= 0.6 is 0 Å². The molecule has 7 aromatic rings. The lowest BCUT2D eigenvalue weighted by Crippen LogP contribution is -2.15. The number of nitriles is 1. The highest BCUT2D eigenvalue weighted by Crippen LogP contribution is 2.50. The van der Waals surface area contributed by atoms with Gasteiger partial charge in [-0.1, -0.05) is 80.6 Å². The Morgan fingerprint density at radius 3 is 2.19 bits per heavy atom. The summed E-state index contributed by atoms with van der Waals surface area (Å²) in [7, 11) is 0. The van der Waals surface area contributed by atoms with Gasteiger partial charge < -0.3 is 0 Å². The second kappa shape index (κ2) is 9.03. The molecular weight excluding hydrogens is 510 g/mol. The molecule has 0 N–H and O–H groups in total. The number of hydrogen-bond donors (Lipinski definition) is 0. The van der Waals surface area contributed by atoms with Crippen LogP contribution in [-0.4, -0.2) is 4.98 Å². The van der Waals surface area contributed by atoms with Crippen LogP contribution in [0.5, 0.6) is 0 Å². The number of rotatable bonds is 4. The summed E-state index contributed by atoms with van der Waals surface area (Å²) in [4.78, 5) is 7.21. The van der Waals surface area contributed by atoms with Crippen LogP contribution < -0.4 is 4.90 Å². The lowest BCUT2D eigenvalue weighted by Gasteiger charge is -2.26. The maximum Gasteiger partial charge on any atom is 0.137 e. The van der Waals surface area contributed by atoms with Crippen molar-refractivity contribution in [3.05, 3.63) is 144 Å². The molecule has 0 fully saturated rings. The standard InChI is InChI=1S/C39H27N3/c1-39(2)33-11-5-9-27-15-16-28-21-30(22-34(39)38(28)37(27)33)29-17-20-36(41-24-29)42(31-18-13-25(23-40)14-19-31)35-12-6-8-26-7-3-4-10-32(26)35/h3-22,24H,1-2H3. The third kappa shape index (κ3) is 3.56. The Morgan fingerprint density at radius 1 is 0.643 bits per heavy atom. The number of hydrogen-bond acceptors (Lipinski definition) is 3. The summed E-state index contributed by atoms with van der Waals surface area (Å²) in [5.41, 5.74) is 7.60. The Morgan fingerprint density at radius 2 is 1.38 bits per heavy atom. The van der Waals surface area contributed by atoms with Crippen molar-refractivity contribution in [2.45, 2.75) is 19.3 Å². The van der Waals surface area contributed by atoms with E-state index < -0.39 is 0 Å². The predicted octanol–water partition coefficient (Wildman–Crippen LogP) is 10.2. The van der Waals surface area contributed by atoms with E-state index in [9.17, 15) is 5.26 Å². The molecule has 8 rings (SSSR count). The third-order valence-electron chi connectivity index (χ3n) is 8.88. The van der Waals surface area contributed by atoms with E-state index in [1.807, 2.05) is 30.5 Å². The summed E-state index contributed by atoms with van der Waals surface area (Å²) in [6.07, 6.45) is 1.98. The lowest BCUT2D eigenvalue weighted by molar-refractivity contribution is 0.663. The van der Waals surface area contributed by atoms with E-state index in [0.29, 0.717) is 5.56 Å². The van der Waals surface area contributed by atoms with E-state index in [1.165, 1.54) is 38.2 Å². The monoisotopic (exact) mass is 537 g/mol. The van der Waals surface area contributed by atoms with Gasteiger partial charge in [-0.05, 0) is 98.2 Å². The fourth-order valence-electron chi connectivity index (χ4n) is 6.74. The van der Waals surface area contributed by atoms with Crippen LogP contribution in [0.3, 0.4) is 0 Å². The normalized spacial score (nSPS) is 13.2. The number of fused-ring (bicyclic) bond motifs is 1. The van der Waals surface area contributed by atoms with Gasteiger partial charge in [-0.25, -0.2) is 4.98 Å². The van der Waals surface area contributed by atoms with Crippen molar-refractivity contribution in [1.82, 2.24) is 4.98 Å². The molecule has 0 aliphatic heterocycles.